The van der Waals surface area contributed by atoms with Crippen molar-refractivity contribution in [2.75, 3.05) is 0 Å². The van der Waals surface area contributed by atoms with Gasteiger partial charge in [0.1, 0.15) is 6.10 Å². The molecule has 0 aliphatic heterocycles. The number of aliphatic hydroxyl groups excluding tert-OH is 1. The van der Waals surface area contributed by atoms with Crippen LogP contribution in [-0.2, 0) is 14.3 Å². The van der Waals surface area contributed by atoms with Crippen LogP contribution >= 0.6 is 0 Å². The number of rotatable bonds is 16. The van der Waals surface area contributed by atoms with Gasteiger partial charge in [0.2, 0.25) is 0 Å². The van der Waals surface area contributed by atoms with Gasteiger partial charge >= 0.3 is 63.3 Å². The van der Waals surface area contributed by atoms with Crippen LogP contribution in [0.25, 0.3) is 0 Å². The Bertz CT molecular complexity index is 367. The van der Waals surface area contributed by atoms with E-state index in [-0.39, 0.29) is 57.8 Å². The molecule has 0 rings (SSSR count). The average Bonchev–Trinajstić information content (AvgIpc) is 2.58. The van der Waals surface area contributed by atoms with E-state index in [1.165, 1.54) is 64.7 Å². The Morgan fingerprint density at radius 3 is 1.81 bits per heavy atom. The van der Waals surface area contributed by atoms with Crippen LogP contribution in [0.4, 0.5) is 0 Å². The number of carbonyl (C=O) groups is 2. The van der Waals surface area contributed by atoms with E-state index in [9.17, 15) is 9.59 Å². The zero-order valence-electron chi connectivity index (χ0n) is 16.3. The molecule has 0 radical (unpaired) electrons. The molecule has 0 aliphatic carbocycles. The Balaban J connectivity index is 0. The fourth-order valence-electron chi connectivity index (χ4n) is 2.59. The van der Waals surface area contributed by atoms with Crippen molar-refractivity contribution >= 4 is 63.3 Å². The van der Waals surface area contributed by atoms with Crippen molar-refractivity contribution in [1.82, 2.24) is 0 Å². The maximum absolute atomic E-state index is 11.3. The predicted octanol–water partition coefficient (Wildman–Crippen LogP) is 4.83. The molecule has 4 nitrogen and oxygen atoms in total. The molecule has 0 aliphatic rings. The summed E-state index contributed by atoms with van der Waals surface area (Å²) in [4.78, 5) is 22.3. The number of hydrogen-bond acceptors (Lipinski definition) is 4. The van der Waals surface area contributed by atoms with Crippen LogP contribution in [0.2, 0.25) is 0 Å². The number of unbranched alkanes of at least 4 members (excludes halogenated alkanes) is 11. The molecule has 1 N–H and O–H groups in total. The van der Waals surface area contributed by atoms with E-state index in [1.807, 2.05) is 0 Å². The molecule has 0 aromatic rings. The first-order valence-electron chi connectivity index (χ1n) is 10.2. The summed E-state index contributed by atoms with van der Waals surface area (Å²) in [6.45, 7) is 3.54. The first kappa shape index (κ1) is 28.7. The van der Waals surface area contributed by atoms with E-state index in [2.05, 4.69) is 23.8 Å². The quantitative estimate of drug-likeness (QED) is 0.134. The third-order valence-electron chi connectivity index (χ3n) is 4.20. The molecule has 0 saturated heterocycles. The zero-order valence-corrected chi connectivity index (χ0v) is 16.3. The summed E-state index contributed by atoms with van der Waals surface area (Å²) < 4.78 is 4.49. The third kappa shape index (κ3) is 20.8. The fraction of sp³-hybridized carbons (Fsp3) is 0.810. The molecule has 0 amide bonds. The van der Waals surface area contributed by atoms with E-state index >= 15 is 0 Å². The second-order valence-corrected chi connectivity index (χ2v) is 6.80. The third-order valence-corrected chi connectivity index (χ3v) is 4.20. The summed E-state index contributed by atoms with van der Waals surface area (Å²) in [7, 11) is 0. The van der Waals surface area contributed by atoms with Crippen molar-refractivity contribution in [3.8, 4) is 0 Å². The molecule has 148 valence electrons. The number of esters is 2. The number of carbonyl (C=O) groups excluding carboxylic acids is 2. The second-order valence-electron chi connectivity index (χ2n) is 6.80. The van der Waals surface area contributed by atoms with Crippen molar-refractivity contribution in [3.63, 3.8) is 0 Å². The van der Waals surface area contributed by atoms with Crippen LogP contribution in [0.15, 0.2) is 12.2 Å². The van der Waals surface area contributed by atoms with Crippen LogP contribution in [-0.4, -0.2) is 74.5 Å². The zero-order chi connectivity index (χ0) is 18.8. The SMILES string of the molecule is CCCCCCCC/C=C\CCCCCCCC(=O)OC(=O)C(C)O.[KH]. The summed E-state index contributed by atoms with van der Waals surface area (Å²) in [5.74, 6) is -1.40. The van der Waals surface area contributed by atoms with Gasteiger partial charge in [-0.05, 0) is 39.0 Å². The molecule has 0 aromatic heterocycles. The minimum absolute atomic E-state index is 0. The Morgan fingerprint density at radius 2 is 1.31 bits per heavy atom. The van der Waals surface area contributed by atoms with Crippen LogP contribution < -0.4 is 0 Å². The van der Waals surface area contributed by atoms with Gasteiger partial charge in [-0.2, -0.15) is 0 Å². The predicted molar refractivity (Wildman–Crippen MR) is 109 cm³/mol. The van der Waals surface area contributed by atoms with Crippen molar-refractivity contribution in [2.24, 2.45) is 0 Å². The number of hydrogen-bond donors (Lipinski definition) is 1. The second kappa shape index (κ2) is 21.8. The summed E-state index contributed by atoms with van der Waals surface area (Å²) in [5.41, 5.74) is 0. The van der Waals surface area contributed by atoms with E-state index in [0.29, 0.717) is 0 Å². The molecular weight excluding hydrogens is 355 g/mol. The average molecular weight is 395 g/mol. The molecule has 0 spiro atoms. The molecule has 1 atom stereocenters. The summed E-state index contributed by atoms with van der Waals surface area (Å²) in [6, 6.07) is 0. The summed E-state index contributed by atoms with van der Waals surface area (Å²) >= 11 is 0. The van der Waals surface area contributed by atoms with Gasteiger partial charge in [0, 0.05) is 6.42 Å². The first-order chi connectivity index (χ1) is 12.1. The molecule has 0 fully saturated rings. The molecular formula is C21H39KO4. The first-order valence-corrected chi connectivity index (χ1v) is 10.2. The number of allylic oxidation sites excluding steroid dienone is 2. The van der Waals surface area contributed by atoms with Gasteiger partial charge in [0.05, 0.1) is 0 Å². The molecule has 1 unspecified atom stereocenters. The van der Waals surface area contributed by atoms with Gasteiger partial charge in [-0.1, -0.05) is 70.4 Å². The van der Waals surface area contributed by atoms with Crippen LogP contribution in [0.3, 0.4) is 0 Å². The van der Waals surface area contributed by atoms with Crippen LogP contribution in [0.5, 0.6) is 0 Å². The monoisotopic (exact) mass is 394 g/mol. The van der Waals surface area contributed by atoms with Crippen LogP contribution in [0, 0.1) is 0 Å². The normalized spacial score (nSPS) is 12.0. The van der Waals surface area contributed by atoms with Gasteiger partial charge in [-0.25, -0.2) is 4.79 Å². The van der Waals surface area contributed by atoms with E-state index in [1.54, 1.807) is 0 Å². The van der Waals surface area contributed by atoms with Crippen molar-refractivity contribution in [3.05, 3.63) is 12.2 Å². The number of aliphatic hydroxyl groups is 1. The van der Waals surface area contributed by atoms with Gasteiger partial charge in [-0.3, -0.25) is 4.79 Å². The summed E-state index contributed by atoms with van der Waals surface area (Å²) in [6.07, 6.45) is 19.3. The molecule has 5 heteroatoms. The molecule has 0 saturated carbocycles. The molecule has 0 aromatic carbocycles. The van der Waals surface area contributed by atoms with Crippen molar-refractivity contribution < 1.29 is 19.4 Å². The van der Waals surface area contributed by atoms with Gasteiger partial charge in [0.15, 0.2) is 0 Å². The molecule has 0 heterocycles. The Labute approximate surface area is 203 Å². The van der Waals surface area contributed by atoms with E-state index in [0.717, 1.165) is 25.7 Å². The minimum atomic E-state index is -1.24. The summed E-state index contributed by atoms with van der Waals surface area (Å²) in [5, 5.41) is 8.94. The van der Waals surface area contributed by atoms with Crippen molar-refractivity contribution in [2.45, 2.75) is 110 Å². The van der Waals surface area contributed by atoms with Gasteiger partial charge in [-0.15, -0.1) is 0 Å². The molecule has 0 bridgehead atoms. The fourth-order valence-corrected chi connectivity index (χ4v) is 2.59. The standard InChI is InChI=1S/C21H38O4.K.H/c1-3-4-5-6-7-8-9-10-11-12-13-14-15-16-17-18-20(23)25-21(24)19(2)22;;/h10-11,19,22H,3-9,12-18H2,1-2H3;;/b11-10-;;. The van der Waals surface area contributed by atoms with E-state index < -0.39 is 18.0 Å². The number of ether oxygens (including phenoxy) is 1. The van der Waals surface area contributed by atoms with Gasteiger partial charge in [0.25, 0.3) is 0 Å². The van der Waals surface area contributed by atoms with E-state index in [4.69, 9.17) is 5.11 Å². The Kier molecular flexibility index (Phi) is 24.0. The van der Waals surface area contributed by atoms with Gasteiger partial charge < -0.3 is 9.84 Å². The van der Waals surface area contributed by atoms with Crippen LogP contribution in [0.1, 0.15) is 104 Å². The van der Waals surface area contributed by atoms with Crippen molar-refractivity contribution in [1.29, 1.82) is 0 Å². The Hall–Kier alpha value is 0.476. The molecule has 26 heavy (non-hydrogen) atoms. The topological polar surface area (TPSA) is 63.6 Å². The Morgan fingerprint density at radius 1 is 0.846 bits per heavy atom. The maximum atomic E-state index is 11.3.